The maximum absolute atomic E-state index is 13.2. The normalized spacial score (nSPS) is 16.7. The number of aryl methyl sites for hydroxylation is 1. The Morgan fingerprint density at radius 3 is 2.86 bits per heavy atom. The Bertz CT molecular complexity index is 1410. The van der Waals surface area contributed by atoms with Crippen molar-refractivity contribution in [2.24, 2.45) is 0 Å². The molecule has 178 valence electrons. The van der Waals surface area contributed by atoms with Crippen LogP contribution in [-0.2, 0) is 6.42 Å². The number of methoxy groups -OCH3 is 1. The first-order valence-corrected chi connectivity index (χ1v) is 12.7. The fourth-order valence-corrected chi connectivity index (χ4v) is 6.30. The quantitative estimate of drug-likeness (QED) is 0.268. The summed E-state index contributed by atoms with van der Waals surface area (Å²) in [7, 11) is 1.53. The molecule has 0 saturated carbocycles. The van der Waals surface area contributed by atoms with Crippen LogP contribution >= 0.6 is 34.7 Å². The summed E-state index contributed by atoms with van der Waals surface area (Å²) in [5.41, 5.74) is 4.55. The maximum atomic E-state index is 13.2. The van der Waals surface area contributed by atoms with Crippen LogP contribution < -0.4 is 10.1 Å². The minimum Gasteiger partial charge on any atom is -0.494 e. The highest BCUT2D eigenvalue weighted by atomic mass is 35.5. The van der Waals surface area contributed by atoms with Gasteiger partial charge in [-0.15, -0.1) is 10.2 Å². The van der Waals surface area contributed by atoms with Gasteiger partial charge in [-0.05, 0) is 30.2 Å². The molecule has 0 radical (unpaired) electrons. The van der Waals surface area contributed by atoms with Gasteiger partial charge in [0, 0.05) is 29.4 Å². The number of halogens is 1. The fourth-order valence-electron chi connectivity index (χ4n) is 4.01. The molecular weight excluding hydrogens is 506 g/mol. The van der Waals surface area contributed by atoms with Crippen molar-refractivity contribution in [1.29, 1.82) is 0 Å². The number of rotatable bonds is 6. The van der Waals surface area contributed by atoms with E-state index in [1.54, 1.807) is 12.1 Å². The number of anilines is 1. The Hall–Kier alpha value is -3.05. The molecule has 0 bridgehead atoms. The van der Waals surface area contributed by atoms with Crippen molar-refractivity contribution < 1.29 is 14.6 Å². The van der Waals surface area contributed by atoms with E-state index >= 15 is 0 Å². The first-order chi connectivity index (χ1) is 16.9. The van der Waals surface area contributed by atoms with Gasteiger partial charge < -0.3 is 9.84 Å². The number of benzene rings is 1. The topological polar surface area (TPSA) is 110 Å². The monoisotopic (exact) mass is 525 g/mol. The number of thioether (sulfide) groups is 1. The standard InChI is InChI=1S/C24H20ClN5O3S2/c1-12-7-15(16-9-20(25)27-11-19(16)33-2)17(10-26-12)22(32)28-23-29-30-24(35-23)34-21-14-6-4-3-5-13(14)8-18(21)31/h3-7,9-11,18,21,31H,8H2,1-2H3,(H,28,29,32)/t18-,21-/m1/s1. The average molecular weight is 526 g/mol. The van der Waals surface area contributed by atoms with Crippen molar-refractivity contribution in [2.45, 2.75) is 29.0 Å². The van der Waals surface area contributed by atoms with E-state index in [1.807, 2.05) is 31.2 Å². The number of aromatic nitrogens is 4. The van der Waals surface area contributed by atoms with Crippen LogP contribution in [0.5, 0.6) is 5.75 Å². The van der Waals surface area contributed by atoms with Crippen LogP contribution in [0.15, 0.2) is 53.1 Å². The van der Waals surface area contributed by atoms with Gasteiger partial charge in [-0.2, -0.15) is 0 Å². The number of aliphatic hydroxyl groups excluding tert-OH is 1. The van der Waals surface area contributed by atoms with Crippen molar-refractivity contribution in [3.05, 3.63) is 76.3 Å². The SMILES string of the molecule is COc1cnc(Cl)cc1-c1cc(C)ncc1C(=O)Nc1nnc(S[C@@H]2c3ccccc3C[C@H]2O)s1. The van der Waals surface area contributed by atoms with Crippen LogP contribution in [0, 0.1) is 6.92 Å². The number of fused-ring (bicyclic) bond motifs is 1. The van der Waals surface area contributed by atoms with E-state index in [1.165, 1.54) is 42.6 Å². The minimum atomic E-state index is -0.498. The van der Waals surface area contributed by atoms with E-state index in [4.69, 9.17) is 16.3 Å². The molecule has 1 amide bonds. The molecule has 0 saturated heterocycles. The van der Waals surface area contributed by atoms with Crippen molar-refractivity contribution in [3.63, 3.8) is 0 Å². The van der Waals surface area contributed by atoms with Crippen LogP contribution in [-0.4, -0.2) is 44.4 Å². The molecule has 5 rings (SSSR count). The van der Waals surface area contributed by atoms with E-state index in [9.17, 15) is 9.90 Å². The zero-order valence-electron chi connectivity index (χ0n) is 18.7. The van der Waals surface area contributed by atoms with Gasteiger partial charge in [-0.3, -0.25) is 15.1 Å². The molecule has 0 unspecified atom stereocenters. The molecule has 1 aromatic carbocycles. The zero-order valence-corrected chi connectivity index (χ0v) is 21.1. The van der Waals surface area contributed by atoms with Crippen LogP contribution in [0.2, 0.25) is 5.15 Å². The number of hydrogen-bond donors (Lipinski definition) is 2. The third-order valence-electron chi connectivity index (χ3n) is 5.62. The lowest BCUT2D eigenvalue weighted by molar-refractivity contribution is 0.102. The molecule has 8 nitrogen and oxygen atoms in total. The molecule has 2 atom stereocenters. The highest BCUT2D eigenvalue weighted by Gasteiger charge is 2.32. The lowest BCUT2D eigenvalue weighted by Gasteiger charge is -2.13. The number of nitrogens with zero attached hydrogens (tertiary/aromatic N) is 4. The van der Waals surface area contributed by atoms with Crippen LogP contribution in [0.25, 0.3) is 11.1 Å². The number of pyridine rings is 2. The lowest BCUT2D eigenvalue weighted by Crippen LogP contribution is -2.14. The molecule has 1 aliphatic rings. The van der Waals surface area contributed by atoms with E-state index in [0.29, 0.717) is 38.3 Å². The number of carbonyl (C=O) groups is 1. The zero-order chi connectivity index (χ0) is 24.5. The Morgan fingerprint density at radius 1 is 1.20 bits per heavy atom. The van der Waals surface area contributed by atoms with Gasteiger partial charge >= 0.3 is 0 Å². The number of carbonyl (C=O) groups excluding carboxylic acids is 1. The molecule has 4 aromatic rings. The molecule has 11 heteroatoms. The third kappa shape index (κ3) is 4.87. The highest BCUT2D eigenvalue weighted by Crippen LogP contribution is 2.46. The number of amides is 1. The summed E-state index contributed by atoms with van der Waals surface area (Å²) < 4.78 is 6.09. The molecular formula is C24H20ClN5O3S2. The number of nitrogens with one attached hydrogen (secondary N) is 1. The van der Waals surface area contributed by atoms with Crippen molar-refractivity contribution in [1.82, 2.24) is 20.2 Å². The number of ether oxygens (including phenoxy) is 1. The Morgan fingerprint density at radius 2 is 2.03 bits per heavy atom. The van der Waals surface area contributed by atoms with Crippen molar-refractivity contribution in [2.75, 3.05) is 12.4 Å². The Balaban J connectivity index is 1.38. The number of aliphatic hydroxyl groups is 1. The van der Waals surface area contributed by atoms with E-state index in [2.05, 4.69) is 25.5 Å². The molecule has 0 spiro atoms. The predicted octanol–water partition coefficient (Wildman–Crippen LogP) is 4.97. The summed E-state index contributed by atoms with van der Waals surface area (Å²) in [5, 5.41) is 22.2. The molecule has 2 N–H and O–H groups in total. The third-order valence-corrected chi connectivity index (χ3v) is 8.11. The second-order valence-electron chi connectivity index (χ2n) is 7.91. The lowest BCUT2D eigenvalue weighted by atomic mass is 10.0. The summed E-state index contributed by atoms with van der Waals surface area (Å²) in [4.78, 5) is 21.6. The Kier molecular flexibility index (Phi) is 6.70. The summed E-state index contributed by atoms with van der Waals surface area (Å²) >= 11 is 8.82. The molecule has 35 heavy (non-hydrogen) atoms. The first kappa shape index (κ1) is 23.7. The molecule has 0 aliphatic heterocycles. The average Bonchev–Trinajstić information content (AvgIpc) is 3.42. The smallest absolute Gasteiger partial charge is 0.259 e. The second kappa shape index (κ2) is 9.90. The van der Waals surface area contributed by atoms with E-state index in [-0.39, 0.29) is 16.3 Å². The van der Waals surface area contributed by atoms with Gasteiger partial charge in [-0.25, -0.2) is 4.98 Å². The van der Waals surface area contributed by atoms with Gasteiger partial charge in [0.1, 0.15) is 10.9 Å². The van der Waals surface area contributed by atoms with Crippen LogP contribution in [0.3, 0.4) is 0 Å². The fraction of sp³-hybridized carbons (Fsp3) is 0.208. The summed E-state index contributed by atoms with van der Waals surface area (Å²) in [5.74, 6) is 0.0977. The highest BCUT2D eigenvalue weighted by molar-refractivity contribution is 8.01. The minimum absolute atomic E-state index is 0.125. The van der Waals surface area contributed by atoms with Crippen molar-refractivity contribution in [3.8, 4) is 16.9 Å². The largest absolute Gasteiger partial charge is 0.494 e. The molecule has 3 aromatic heterocycles. The summed E-state index contributed by atoms with van der Waals surface area (Å²) in [6.07, 6.45) is 3.14. The molecule has 1 aliphatic carbocycles. The Labute approximate surface area is 214 Å². The van der Waals surface area contributed by atoms with Gasteiger partial charge in [0.05, 0.1) is 30.2 Å². The van der Waals surface area contributed by atoms with E-state index in [0.717, 1.165) is 16.8 Å². The molecule has 0 fully saturated rings. The summed E-state index contributed by atoms with van der Waals surface area (Å²) in [6, 6.07) is 11.4. The summed E-state index contributed by atoms with van der Waals surface area (Å²) in [6.45, 7) is 1.84. The predicted molar refractivity (Wildman–Crippen MR) is 136 cm³/mol. The molecule has 3 heterocycles. The maximum Gasteiger partial charge on any atom is 0.259 e. The van der Waals surface area contributed by atoms with Gasteiger partial charge in [0.25, 0.3) is 5.91 Å². The van der Waals surface area contributed by atoms with Crippen molar-refractivity contribution >= 4 is 45.7 Å². The number of hydrogen-bond acceptors (Lipinski definition) is 9. The van der Waals surface area contributed by atoms with Crippen LogP contribution in [0.1, 0.15) is 32.4 Å². The van der Waals surface area contributed by atoms with Gasteiger partial charge in [0.15, 0.2) is 4.34 Å². The van der Waals surface area contributed by atoms with E-state index < -0.39 is 6.10 Å². The van der Waals surface area contributed by atoms with Gasteiger partial charge in [-0.1, -0.05) is 59.0 Å². The van der Waals surface area contributed by atoms with Crippen LogP contribution in [0.4, 0.5) is 5.13 Å². The second-order valence-corrected chi connectivity index (χ2v) is 10.7. The van der Waals surface area contributed by atoms with Gasteiger partial charge in [0.2, 0.25) is 5.13 Å². The first-order valence-electron chi connectivity index (χ1n) is 10.7.